The van der Waals surface area contributed by atoms with Gasteiger partial charge in [0.05, 0.1) is 5.52 Å². The van der Waals surface area contributed by atoms with Crippen LogP contribution >= 0.6 is 0 Å². The molecule has 5 aromatic rings. The molecule has 0 atom stereocenters. The molecule has 2 aromatic heterocycles. The predicted octanol–water partition coefficient (Wildman–Crippen LogP) is 5.33. The van der Waals surface area contributed by atoms with E-state index in [4.69, 9.17) is 9.40 Å². The molecule has 1 N–H and O–H groups in total. The van der Waals surface area contributed by atoms with Gasteiger partial charge in [-0.1, -0.05) is 42.0 Å². The predicted molar refractivity (Wildman–Crippen MR) is 131 cm³/mol. The first-order valence-corrected chi connectivity index (χ1v) is 10.7. The Morgan fingerprint density at radius 3 is 2.42 bits per heavy atom. The summed E-state index contributed by atoms with van der Waals surface area (Å²) in [6.07, 6.45) is 0. The maximum absolute atomic E-state index is 5.93. The summed E-state index contributed by atoms with van der Waals surface area (Å²) in [6.45, 7) is 2.66. The number of hydrogen-bond acceptors (Lipinski definition) is 7. The number of anilines is 2. The first-order valence-electron chi connectivity index (χ1n) is 10.7. The summed E-state index contributed by atoms with van der Waals surface area (Å²) in [5.74, 6) is 1.85. The molecule has 0 unspecified atom stereocenters. The van der Waals surface area contributed by atoms with Gasteiger partial charge in [0.1, 0.15) is 5.82 Å². The molecule has 0 saturated carbocycles. The van der Waals surface area contributed by atoms with Crippen LogP contribution in [0.1, 0.15) is 11.1 Å². The minimum Gasteiger partial charge on any atom is -0.413 e. The molecule has 0 saturated heterocycles. The molecular weight excluding hydrogens is 412 g/mol. The van der Waals surface area contributed by atoms with E-state index < -0.39 is 0 Å². The van der Waals surface area contributed by atoms with E-state index in [-0.39, 0.29) is 5.89 Å². The number of aromatic nitrogens is 4. The van der Waals surface area contributed by atoms with Crippen LogP contribution in [0.2, 0.25) is 0 Å². The topological polar surface area (TPSA) is 80.0 Å². The quantitative estimate of drug-likeness (QED) is 0.385. The van der Waals surface area contributed by atoms with Crippen LogP contribution in [-0.4, -0.2) is 34.3 Å². The molecule has 0 amide bonds. The number of rotatable bonds is 6. The molecule has 0 aliphatic rings. The van der Waals surface area contributed by atoms with E-state index in [0.29, 0.717) is 18.3 Å². The van der Waals surface area contributed by atoms with Gasteiger partial charge in [-0.25, -0.2) is 9.97 Å². The van der Waals surface area contributed by atoms with Crippen LogP contribution in [0, 0.1) is 6.92 Å². The molecular formula is C26H24N6O. The van der Waals surface area contributed by atoms with Crippen molar-refractivity contribution in [3.05, 3.63) is 83.9 Å². The summed E-state index contributed by atoms with van der Waals surface area (Å²) < 4.78 is 5.93. The average Bonchev–Trinajstić information content (AvgIpc) is 3.33. The van der Waals surface area contributed by atoms with E-state index in [1.807, 2.05) is 69.6 Å². The summed E-state index contributed by atoms with van der Waals surface area (Å²) in [5.41, 5.74) is 5.12. The summed E-state index contributed by atoms with van der Waals surface area (Å²) >= 11 is 0. The highest BCUT2D eigenvalue weighted by Crippen LogP contribution is 2.27. The second kappa shape index (κ2) is 8.70. The molecule has 2 heterocycles. The average molecular weight is 437 g/mol. The molecule has 0 radical (unpaired) electrons. The highest BCUT2D eigenvalue weighted by Gasteiger charge is 2.16. The van der Waals surface area contributed by atoms with Crippen molar-refractivity contribution in [3.63, 3.8) is 0 Å². The van der Waals surface area contributed by atoms with E-state index in [1.165, 1.54) is 0 Å². The molecule has 7 heteroatoms. The Labute approximate surface area is 192 Å². The lowest BCUT2D eigenvalue weighted by atomic mass is 10.1. The van der Waals surface area contributed by atoms with Gasteiger partial charge in [-0.3, -0.25) is 0 Å². The van der Waals surface area contributed by atoms with Crippen molar-refractivity contribution >= 4 is 22.4 Å². The van der Waals surface area contributed by atoms with Crippen molar-refractivity contribution in [1.82, 2.24) is 20.2 Å². The SMILES string of the molecule is Cc1cccc(-c2nnc(-c3nc(NCc4ccc(N(C)C)cc4)c4ccccc4n3)o2)c1. The van der Waals surface area contributed by atoms with Gasteiger partial charge in [-0.05, 0) is 48.9 Å². The number of para-hydroxylation sites is 1. The minimum atomic E-state index is 0.288. The van der Waals surface area contributed by atoms with E-state index in [0.717, 1.165) is 39.1 Å². The molecule has 0 fully saturated rings. The fraction of sp³-hybridized carbons (Fsp3) is 0.154. The fourth-order valence-electron chi connectivity index (χ4n) is 3.61. The van der Waals surface area contributed by atoms with Gasteiger partial charge in [0.2, 0.25) is 11.7 Å². The molecule has 0 aliphatic heterocycles. The van der Waals surface area contributed by atoms with Gasteiger partial charge in [0, 0.05) is 37.3 Å². The van der Waals surface area contributed by atoms with Gasteiger partial charge >= 0.3 is 0 Å². The first kappa shape index (κ1) is 20.6. The monoisotopic (exact) mass is 436 g/mol. The maximum atomic E-state index is 5.93. The number of nitrogens with zero attached hydrogens (tertiary/aromatic N) is 5. The number of nitrogens with one attached hydrogen (secondary N) is 1. The summed E-state index contributed by atoms with van der Waals surface area (Å²) in [5, 5.41) is 12.8. The van der Waals surface area contributed by atoms with Crippen LogP contribution in [-0.2, 0) is 6.54 Å². The highest BCUT2D eigenvalue weighted by atomic mass is 16.4. The van der Waals surface area contributed by atoms with Crippen molar-refractivity contribution in [2.75, 3.05) is 24.3 Å². The standard InChI is InChI=1S/C26H24N6O/c1-17-7-6-8-19(15-17)25-30-31-26(33-25)24-28-22-10-5-4-9-21(22)23(29-24)27-16-18-11-13-20(14-12-18)32(2)3/h4-15H,16H2,1-3H3,(H,27,28,29). The Kier molecular flexibility index (Phi) is 5.44. The van der Waals surface area contributed by atoms with Crippen LogP contribution in [0.4, 0.5) is 11.5 Å². The number of benzene rings is 3. The Morgan fingerprint density at radius 2 is 1.64 bits per heavy atom. The van der Waals surface area contributed by atoms with Crippen molar-refractivity contribution < 1.29 is 4.42 Å². The van der Waals surface area contributed by atoms with E-state index >= 15 is 0 Å². The minimum absolute atomic E-state index is 0.288. The van der Waals surface area contributed by atoms with Crippen molar-refractivity contribution in [2.45, 2.75) is 13.5 Å². The van der Waals surface area contributed by atoms with Crippen molar-refractivity contribution in [2.24, 2.45) is 0 Å². The van der Waals surface area contributed by atoms with Gasteiger partial charge in [0.25, 0.3) is 5.89 Å². The number of hydrogen-bond donors (Lipinski definition) is 1. The van der Waals surface area contributed by atoms with Crippen molar-refractivity contribution in [3.8, 4) is 23.2 Å². The smallest absolute Gasteiger partial charge is 0.286 e. The van der Waals surface area contributed by atoms with Gasteiger partial charge in [-0.15, -0.1) is 10.2 Å². The normalized spacial score (nSPS) is 11.0. The number of aryl methyl sites for hydroxylation is 1. The highest BCUT2D eigenvalue weighted by molar-refractivity contribution is 5.90. The van der Waals surface area contributed by atoms with E-state index in [2.05, 4.69) is 49.7 Å². The molecule has 33 heavy (non-hydrogen) atoms. The van der Waals surface area contributed by atoms with Crippen LogP contribution in [0.15, 0.2) is 77.2 Å². The Bertz CT molecular complexity index is 1410. The fourth-order valence-corrected chi connectivity index (χ4v) is 3.61. The Balaban J connectivity index is 1.46. The van der Waals surface area contributed by atoms with Crippen LogP contribution in [0.5, 0.6) is 0 Å². The Hall–Kier alpha value is -4.26. The zero-order valence-electron chi connectivity index (χ0n) is 18.8. The zero-order chi connectivity index (χ0) is 22.8. The van der Waals surface area contributed by atoms with Crippen LogP contribution < -0.4 is 10.2 Å². The molecule has 3 aromatic carbocycles. The van der Waals surface area contributed by atoms with Gasteiger partial charge < -0.3 is 14.6 Å². The Morgan fingerprint density at radius 1 is 0.848 bits per heavy atom. The van der Waals surface area contributed by atoms with Crippen LogP contribution in [0.3, 0.4) is 0 Å². The summed E-state index contributed by atoms with van der Waals surface area (Å²) in [7, 11) is 4.06. The lowest BCUT2D eigenvalue weighted by Gasteiger charge is -2.13. The molecule has 5 rings (SSSR count). The molecule has 164 valence electrons. The van der Waals surface area contributed by atoms with Gasteiger partial charge in [0.15, 0.2) is 0 Å². The molecule has 0 spiro atoms. The summed E-state index contributed by atoms with van der Waals surface area (Å²) in [4.78, 5) is 11.5. The van der Waals surface area contributed by atoms with Crippen LogP contribution in [0.25, 0.3) is 34.1 Å². The lowest BCUT2D eigenvalue weighted by Crippen LogP contribution is -2.09. The molecule has 7 nitrogen and oxygen atoms in total. The third kappa shape index (κ3) is 4.39. The second-order valence-electron chi connectivity index (χ2n) is 8.11. The molecule has 0 aliphatic carbocycles. The third-order valence-corrected chi connectivity index (χ3v) is 5.40. The first-order chi connectivity index (χ1) is 16.1. The lowest BCUT2D eigenvalue weighted by molar-refractivity contribution is 0.579. The van der Waals surface area contributed by atoms with Crippen molar-refractivity contribution in [1.29, 1.82) is 0 Å². The number of fused-ring (bicyclic) bond motifs is 1. The van der Waals surface area contributed by atoms with E-state index in [1.54, 1.807) is 0 Å². The second-order valence-corrected chi connectivity index (χ2v) is 8.11. The third-order valence-electron chi connectivity index (χ3n) is 5.40. The van der Waals surface area contributed by atoms with Gasteiger partial charge in [-0.2, -0.15) is 0 Å². The molecule has 0 bridgehead atoms. The zero-order valence-corrected chi connectivity index (χ0v) is 18.8. The summed E-state index contributed by atoms with van der Waals surface area (Å²) in [6, 6.07) is 24.3. The largest absolute Gasteiger partial charge is 0.413 e. The maximum Gasteiger partial charge on any atom is 0.286 e. The van der Waals surface area contributed by atoms with E-state index in [9.17, 15) is 0 Å².